The van der Waals surface area contributed by atoms with Gasteiger partial charge in [-0.2, -0.15) is 5.10 Å². The van der Waals surface area contributed by atoms with Gasteiger partial charge in [-0.25, -0.2) is 0 Å². The second-order valence-electron chi connectivity index (χ2n) is 7.38. The van der Waals surface area contributed by atoms with Crippen LogP contribution in [0.25, 0.3) is 5.82 Å². The molecule has 0 aliphatic heterocycles. The number of carbonyl (C=O) groups excluding carboxylic acids is 1. The quantitative estimate of drug-likeness (QED) is 0.807. The number of carbonyl (C=O) groups is 1. The van der Waals surface area contributed by atoms with Crippen molar-refractivity contribution in [3.8, 4) is 5.82 Å². The smallest absolute Gasteiger partial charge is 0.256 e. The van der Waals surface area contributed by atoms with Gasteiger partial charge in [0.25, 0.3) is 5.91 Å². The SMILES string of the molecule is Cc1ccc(C)n1-c1c(C(=O)NCCO[C@H]2CCCC[C@@H]2C)cnn1C. The molecule has 1 fully saturated rings. The first-order valence-electron chi connectivity index (χ1n) is 9.56. The van der Waals surface area contributed by atoms with Crippen LogP contribution in [0.5, 0.6) is 0 Å². The summed E-state index contributed by atoms with van der Waals surface area (Å²) in [5, 5.41) is 7.27. The van der Waals surface area contributed by atoms with Gasteiger partial charge in [0, 0.05) is 25.0 Å². The van der Waals surface area contributed by atoms with Gasteiger partial charge < -0.3 is 14.6 Å². The first kappa shape index (κ1) is 18.7. The van der Waals surface area contributed by atoms with Gasteiger partial charge in [-0.05, 0) is 44.7 Å². The Bertz CT molecular complexity index is 742. The highest BCUT2D eigenvalue weighted by Crippen LogP contribution is 2.26. The number of aryl methyl sites for hydroxylation is 3. The standard InChI is InChI=1S/C20H30N4O2/c1-14-7-5-6-8-18(14)26-12-11-21-19(25)17-13-22-23(4)20(17)24-15(2)9-10-16(24)3/h9-10,13-14,18H,5-8,11-12H2,1-4H3,(H,21,25)/t14-,18-/m0/s1. The molecule has 1 saturated carbocycles. The third kappa shape index (κ3) is 3.85. The number of ether oxygens (including phenoxy) is 1. The van der Waals surface area contributed by atoms with Gasteiger partial charge in [-0.3, -0.25) is 9.48 Å². The number of aromatic nitrogens is 3. The minimum absolute atomic E-state index is 0.110. The Morgan fingerprint density at radius 2 is 1.96 bits per heavy atom. The van der Waals surface area contributed by atoms with Crippen LogP contribution in [0.15, 0.2) is 18.3 Å². The van der Waals surface area contributed by atoms with Crippen LogP contribution in [0.3, 0.4) is 0 Å². The molecule has 0 spiro atoms. The molecule has 1 amide bonds. The Balaban J connectivity index is 1.61. The third-order valence-corrected chi connectivity index (χ3v) is 5.39. The first-order chi connectivity index (χ1) is 12.5. The fourth-order valence-corrected chi connectivity index (χ4v) is 3.86. The minimum Gasteiger partial charge on any atom is -0.376 e. The summed E-state index contributed by atoms with van der Waals surface area (Å²) in [6.07, 6.45) is 6.89. The predicted molar refractivity (Wildman–Crippen MR) is 102 cm³/mol. The van der Waals surface area contributed by atoms with Crippen molar-refractivity contribution in [3.05, 3.63) is 35.3 Å². The Labute approximate surface area is 155 Å². The molecule has 26 heavy (non-hydrogen) atoms. The maximum atomic E-state index is 12.7. The lowest BCUT2D eigenvalue weighted by Crippen LogP contribution is -2.32. The Kier molecular flexibility index (Phi) is 5.81. The van der Waals surface area contributed by atoms with Gasteiger partial charge in [-0.15, -0.1) is 0 Å². The fourth-order valence-electron chi connectivity index (χ4n) is 3.86. The van der Waals surface area contributed by atoms with Crippen molar-refractivity contribution in [2.24, 2.45) is 13.0 Å². The molecule has 2 aromatic heterocycles. The predicted octanol–water partition coefficient (Wildman–Crippen LogP) is 3.15. The van der Waals surface area contributed by atoms with E-state index in [-0.39, 0.29) is 5.91 Å². The maximum absolute atomic E-state index is 12.7. The van der Waals surface area contributed by atoms with E-state index < -0.39 is 0 Å². The van der Waals surface area contributed by atoms with Crippen molar-refractivity contribution in [2.45, 2.75) is 52.6 Å². The zero-order chi connectivity index (χ0) is 18.7. The molecule has 0 unspecified atom stereocenters. The second-order valence-corrected chi connectivity index (χ2v) is 7.38. The van der Waals surface area contributed by atoms with E-state index in [2.05, 4.69) is 21.9 Å². The lowest BCUT2D eigenvalue weighted by atomic mass is 9.88. The van der Waals surface area contributed by atoms with Crippen molar-refractivity contribution >= 4 is 5.91 Å². The van der Waals surface area contributed by atoms with E-state index in [1.807, 2.05) is 33.0 Å². The second kappa shape index (κ2) is 8.08. The summed E-state index contributed by atoms with van der Waals surface area (Å²) >= 11 is 0. The fraction of sp³-hybridized carbons (Fsp3) is 0.600. The molecule has 6 nitrogen and oxygen atoms in total. The third-order valence-electron chi connectivity index (χ3n) is 5.39. The molecule has 2 atom stereocenters. The summed E-state index contributed by atoms with van der Waals surface area (Å²) in [7, 11) is 1.86. The molecular formula is C20H30N4O2. The normalized spacial score (nSPS) is 20.3. The van der Waals surface area contributed by atoms with E-state index in [0.717, 1.165) is 23.6 Å². The van der Waals surface area contributed by atoms with Gasteiger partial charge in [-0.1, -0.05) is 19.8 Å². The number of hydrogen-bond donors (Lipinski definition) is 1. The number of hydrogen-bond acceptors (Lipinski definition) is 3. The van der Waals surface area contributed by atoms with Gasteiger partial charge >= 0.3 is 0 Å². The largest absolute Gasteiger partial charge is 0.376 e. The van der Waals surface area contributed by atoms with E-state index in [4.69, 9.17) is 4.74 Å². The zero-order valence-electron chi connectivity index (χ0n) is 16.3. The molecule has 0 saturated heterocycles. The van der Waals surface area contributed by atoms with Crippen LogP contribution < -0.4 is 5.32 Å². The molecule has 142 valence electrons. The van der Waals surface area contributed by atoms with Crippen molar-refractivity contribution in [2.75, 3.05) is 13.2 Å². The molecule has 6 heteroatoms. The van der Waals surface area contributed by atoms with E-state index >= 15 is 0 Å². The topological polar surface area (TPSA) is 61.1 Å². The summed E-state index contributed by atoms with van der Waals surface area (Å²) in [6.45, 7) is 7.38. The van der Waals surface area contributed by atoms with Crippen LogP contribution in [0.1, 0.15) is 54.4 Å². The Morgan fingerprint density at radius 1 is 1.27 bits per heavy atom. The first-order valence-corrected chi connectivity index (χ1v) is 9.56. The Morgan fingerprint density at radius 3 is 2.65 bits per heavy atom. The highest BCUT2D eigenvalue weighted by atomic mass is 16.5. The van der Waals surface area contributed by atoms with Crippen LogP contribution in [-0.4, -0.2) is 39.5 Å². The molecule has 1 aliphatic rings. The average Bonchev–Trinajstić information content (AvgIpc) is 3.15. The van der Waals surface area contributed by atoms with Crippen molar-refractivity contribution in [3.63, 3.8) is 0 Å². The van der Waals surface area contributed by atoms with Crippen molar-refractivity contribution in [1.82, 2.24) is 19.7 Å². The van der Waals surface area contributed by atoms with Crippen LogP contribution >= 0.6 is 0 Å². The summed E-state index contributed by atoms with van der Waals surface area (Å²) < 4.78 is 9.79. The zero-order valence-corrected chi connectivity index (χ0v) is 16.3. The molecule has 1 N–H and O–H groups in total. The minimum atomic E-state index is -0.110. The lowest BCUT2D eigenvalue weighted by molar-refractivity contribution is -0.00293. The van der Waals surface area contributed by atoms with Crippen LogP contribution in [0.4, 0.5) is 0 Å². The molecule has 0 bridgehead atoms. The lowest BCUT2D eigenvalue weighted by Gasteiger charge is -2.28. The van der Waals surface area contributed by atoms with Gasteiger partial charge in [0.05, 0.1) is 18.9 Å². The number of rotatable bonds is 6. The Hall–Kier alpha value is -2.08. The summed E-state index contributed by atoms with van der Waals surface area (Å²) in [5.74, 6) is 1.30. The molecule has 2 aromatic rings. The van der Waals surface area contributed by atoms with Crippen molar-refractivity contribution in [1.29, 1.82) is 0 Å². The highest BCUT2D eigenvalue weighted by molar-refractivity contribution is 5.97. The molecule has 0 radical (unpaired) electrons. The van der Waals surface area contributed by atoms with Crippen LogP contribution in [-0.2, 0) is 11.8 Å². The average molecular weight is 358 g/mol. The molecule has 2 heterocycles. The highest BCUT2D eigenvalue weighted by Gasteiger charge is 2.22. The maximum Gasteiger partial charge on any atom is 0.256 e. The van der Waals surface area contributed by atoms with Crippen molar-refractivity contribution < 1.29 is 9.53 Å². The van der Waals surface area contributed by atoms with E-state index in [1.54, 1.807) is 10.9 Å². The van der Waals surface area contributed by atoms with Crippen LogP contribution in [0.2, 0.25) is 0 Å². The molecule has 0 aromatic carbocycles. The van der Waals surface area contributed by atoms with Crippen LogP contribution in [0, 0.1) is 19.8 Å². The summed E-state index contributed by atoms with van der Waals surface area (Å²) in [4.78, 5) is 12.7. The number of amides is 1. The number of nitrogens with zero attached hydrogens (tertiary/aromatic N) is 3. The van der Waals surface area contributed by atoms with E-state index in [1.165, 1.54) is 19.3 Å². The van der Waals surface area contributed by atoms with E-state index in [0.29, 0.717) is 30.7 Å². The summed E-state index contributed by atoms with van der Waals surface area (Å²) in [5.41, 5.74) is 2.74. The molecule has 1 aliphatic carbocycles. The van der Waals surface area contributed by atoms with Gasteiger partial charge in [0.2, 0.25) is 0 Å². The molecular weight excluding hydrogens is 328 g/mol. The van der Waals surface area contributed by atoms with Gasteiger partial charge in [0.1, 0.15) is 11.4 Å². The monoisotopic (exact) mass is 358 g/mol. The van der Waals surface area contributed by atoms with E-state index in [9.17, 15) is 4.79 Å². The molecule has 3 rings (SSSR count). The van der Waals surface area contributed by atoms with Gasteiger partial charge in [0.15, 0.2) is 0 Å². The number of nitrogens with one attached hydrogen (secondary N) is 1. The summed E-state index contributed by atoms with van der Waals surface area (Å²) in [6, 6.07) is 4.09.